The van der Waals surface area contributed by atoms with E-state index in [0.717, 1.165) is 11.1 Å². The summed E-state index contributed by atoms with van der Waals surface area (Å²) in [5.74, 6) is -1.33. The molecule has 2 atom stereocenters. The fourth-order valence-corrected chi connectivity index (χ4v) is 4.77. The lowest BCUT2D eigenvalue weighted by molar-refractivity contribution is -0.156. The fraction of sp³-hybridized carbons (Fsp3) is 0.429. The molecule has 8 heteroatoms. The first-order valence-electron chi connectivity index (χ1n) is 12.5. The van der Waals surface area contributed by atoms with Crippen LogP contribution in [0.2, 0.25) is 0 Å². The molecule has 36 heavy (non-hydrogen) atoms. The summed E-state index contributed by atoms with van der Waals surface area (Å²) in [6.45, 7) is 1.26. The van der Waals surface area contributed by atoms with Crippen molar-refractivity contribution in [1.29, 1.82) is 0 Å². The Hall–Kier alpha value is -3.68. The monoisotopic (exact) mass is 492 g/mol. The van der Waals surface area contributed by atoms with E-state index < -0.39 is 24.0 Å². The molecule has 0 bridgehead atoms. The van der Waals surface area contributed by atoms with Crippen LogP contribution >= 0.6 is 0 Å². The van der Waals surface area contributed by atoms with Crippen molar-refractivity contribution in [3.05, 3.63) is 71.8 Å². The predicted octanol–water partition coefficient (Wildman–Crippen LogP) is 3.24. The van der Waals surface area contributed by atoms with E-state index in [2.05, 4.69) is 0 Å². The number of carbonyl (C=O) groups is 4. The molecule has 0 aliphatic carbocycles. The van der Waals surface area contributed by atoms with Gasteiger partial charge in [0.2, 0.25) is 11.8 Å². The van der Waals surface area contributed by atoms with Gasteiger partial charge in [-0.05, 0) is 36.8 Å². The standard InChI is InChI=1S/C28H32N2O6/c31-25(29-17-7-13-23(29)27(33)35-19-21-9-3-1-4-10-21)15-16-26(32)30-18-8-14-24(30)28(34)36-20-22-11-5-2-6-12-22/h1-6,9-12,23-24H,7-8,13-20H2/t23-,24?/m1/s1. The predicted molar refractivity (Wildman–Crippen MR) is 131 cm³/mol. The summed E-state index contributed by atoms with van der Waals surface area (Å²) < 4.78 is 10.9. The van der Waals surface area contributed by atoms with Gasteiger partial charge in [-0.25, -0.2) is 9.59 Å². The van der Waals surface area contributed by atoms with Gasteiger partial charge in [-0.15, -0.1) is 0 Å². The number of hydrogen-bond donors (Lipinski definition) is 0. The number of rotatable bonds is 9. The summed E-state index contributed by atoms with van der Waals surface area (Å²) >= 11 is 0. The average molecular weight is 493 g/mol. The van der Waals surface area contributed by atoms with Crippen LogP contribution in [0.4, 0.5) is 0 Å². The van der Waals surface area contributed by atoms with Gasteiger partial charge in [-0.2, -0.15) is 0 Å². The van der Waals surface area contributed by atoms with Crippen LogP contribution in [0, 0.1) is 0 Å². The van der Waals surface area contributed by atoms with Gasteiger partial charge in [0.15, 0.2) is 0 Å². The number of hydrogen-bond acceptors (Lipinski definition) is 6. The van der Waals surface area contributed by atoms with Crippen LogP contribution in [0.3, 0.4) is 0 Å². The second-order valence-corrected chi connectivity index (χ2v) is 9.18. The first-order chi connectivity index (χ1) is 17.5. The van der Waals surface area contributed by atoms with Gasteiger partial charge in [-0.1, -0.05) is 60.7 Å². The third-order valence-electron chi connectivity index (χ3n) is 6.69. The van der Waals surface area contributed by atoms with Crippen LogP contribution in [0.15, 0.2) is 60.7 Å². The Morgan fingerprint density at radius 2 is 1.03 bits per heavy atom. The Bertz CT molecular complexity index is 973. The molecule has 2 heterocycles. The molecule has 2 saturated heterocycles. The highest BCUT2D eigenvalue weighted by molar-refractivity contribution is 5.90. The SMILES string of the molecule is O=C(OCc1ccccc1)C1CCCN1C(=O)CCC(=O)N1CCC[C@@H]1C(=O)OCc1ccccc1. The molecule has 0 N–H and O–H groups in total. The highest BCUT2D eigenvalue weighted by Crippen LogP contribution is 2.23. The Morgan fingerprint density at radius 1 is 0.639 bits per heavy atom. The number of ether oxygens (including phenoxy) is 2. The van der Waals surface area contributed by atoms with Gasteiger partial charge >= 0.3 is 11.9 Å². The second kappa shape index (κ2) is 12.3. The maximum absolute atomic E-state index is 12.9. The second-order valence-electron chi connectivity index (χ2n) is 9.18. The summed E-state index contributed by atoms with van der Waals surface area (Å²) in [5, 5.41) is 0. The molecule has 0 spiro atoms. The summed E-state index contributed by atoms with van der Waals surface area (Å²) in [5.41, 5.74) is 1.77. The molecule has 0 radical (unpaired) electrons. The topological polar surface area (TPSA) is 93.2 Å². The summed E-state index contributed by atoms with van der Waals surface area (Å²) in [6, 6.07) is 17.5. The van der Waals surface area contributed by atoms with E-state index in [0.29, 0.717) is 38.8 Å². The largest absolute Gasteiger partial charge is 0.459 e. The fourth-order valence-electron chi connectivity index (χ4n) is 4.77. The molecule has 0 saturated carbocycles. The van der Waals surface area contributed by atoms with E-state index in [-0.39, 0.29) is 37.9 Å². The summed E-state index contributed by atoms with van der Waals surface area (Å²) in [7, 11) is 0. The van der Waals surface area contributed by atoms with Crippen molar-refractivity contribution < 1.29 is 28.7 Å². The minimum atomic E-state index is -0.621. The number of nitrogens with zero attached hydrogens (tertiary/aromatic N) is 2. The van der Waals surface area contributed by atoms with E-state index >= 15 is 0 Å². The molecule has 2 aliphatic rings. The Labute approximate surface area is 211 Å². The minimum Gasteiger partial charge on any atom is -0.459 e. The van der Waals surface area contributed by atoms with Crippen molar-refractivity contribution in [3.63, 3.8) is 0 Å². The van der Waals surface area contributed by atoms with Gasteiger partial charge in [0, 0.05) is 25.9 Å². The quantitative estimate of drug-likeness (QED) is 0.499. The van der Waals surface area contributed by atoms with Crippen LogP contribution in [0.1, 0.15) is 49.7 Å². The van der Waals surface area contributed by atoms with Gasteiger partial charge in [-0.3, -0.25) is 9.59 Å². The van der Waals surface area contributed by atoms with Gasteiger partial charge in [0.1, 0.15) is 25.3 Å². The van der Waals surface area contributed by atoms with Crippen molar-refractivity contribution in [2.45, 2.75) is 63.8 Å². The molecule has 190 valence electrons. The number of esters is 2. The molecular weight excluding hydrogens is 460 g/mol. The molecule has 2 aromatic carbocycles. The number of benzene rings is 2. The summed E-state index contributed by atoms with van der Waals surface area (Å²) in [6.07, 6.45) is 2.51. The molecule has 2 aliphatic heterocycles. The third-order valence-corrected chi connectivity index (χ3v) is 6.69. The zero-order chi connectivity index (χ0) is 25.3. The van der Waals surface area contributed by atoms with Crippen molar-refractivity contribution in [2.24, 2.45) is 0 Å². The lowest BCUT2D eigenvalue weighted by Gasteiger charge is -2.25. The van der Waals surface area contributed by atoms with E-state index in [9.17, 15) is 19.2 Å². The normalized spacial score (nSPS) is 19.2. The van der Waals surface area contributed by atoms with E-state index in [1.807, 2.05) is 60.7 Å². The first kappa shape index (κ1) is 25.4. The van der Waals surface area contributed by atoms with Crippen molar-refractivity contribution >= 4 is 23.8 Å². The maximum Gasteiger partial charge on any atom is 0.329 e. The van der Waals surface area contributed by atoms with Gasteiger partial charge in [0.05, 0.1) is 0 Å². The van der Waals surface area contributed by atoms with Crippen LogP contribution in [0.5, 0.6) is 0 Å². The first-order valence-corrected chi connectivity index (χ1v) is 12.5. The Morgan fingerprint density at radius 3 is 1.42 bits per heavy atom. The van der Waals surface area contributed by atoms with Crippen molar-refractivity contribution in [2.75, 3.05) is 13.1 Å². The van der Waals surface area contributed by atoms with Crippen molar-refractivity contribution in [3.8, 4) is 0 Å². The maximum atomic E-state index is 12.9. The molecule has 2 aromatic rings. The zero-order valence-electron chi connectivity index (χ0n) is 20.3. The van der Waals surface area contributed by atoms with Crippen molar-refractivity contribution in [1.82, 2.24) is 9.80 Å². The van der Waals surface area contributed by atoms with Crippen LogP contribution < -0.4 is 0 Å². The Kier molecular flexibility index (Phi) is 8.71. The molecule has 8 nitrogen and oxygen atoms in total. The average Bonchev–Trinajstić information content (AvgIpc) is 3.60. The van der Waals surface area contributed by atoms with E-state index in [1.165, 1.54) is 9.80 Å². The molecule has 4 rings (SSSR count). The lowest BCUT2D eigenvalue weighted by Crippen LogP contribution is -2.43. The van der Waals surface area contributed by atoms with E-state index in [1.54, 1.807) is 0 Å². The number of amides is 2. The summed E-state index contributed by atoms with van der Waals surface area (Å²) in [4.78, 5) is 54.1. The molecule has 1 unspecified atom stereocenters. The number of likely N-dealkylation sites (tertiary alicyclic amines) is 2. The third kappa shape index (κ3) is 6.50. The highest BCUT2D eigenvalue weighted by Gasteiger charge is 2.37. The Balaban J connectivity index is 1.24. The van der Waals surface area contributed by atoms with Crippen LogP contribution in [0.25, 0.3) is 0 Å². The molecule has 2 amide bonds. The lowest BCUT2D eigenvalue weighted by atomic mass is 10.2. The molecule has 0 aromatic heterocycles. The highest BCUT2D eigenvalue weighted by atomic mass is 16.5. The molecule has 2 fully saturated rings. The number of carbonyl (C=O) groups excluding carboxylic acids is 4. The van der Waals surface area contributed by atoms with Crippen LogP contribution in [-0.4, -0.2) is 58.7 Å². The van der Waals surface area contributed by atoms with Gasteiger partial charge in [0.25, 0.3) is 0 Å². The van der Waals surface area contributed by atoms with Crippen LogP contribution in [-0.2, 0) is 41.9 Å². The van der Waals surface area contributed by atoms with E-state index in [4.69, 9.17) is 9.47 Å². The van der Waals surface area contributed by atoms with Gasteiger partial charge < -0.3 is 19.3 Å². The minimum absolute atomic E-state index is 0.0103. The smallest absolute Gasteiger partial charge is 0.329 e. The molecular formula is C28H32N2O6. The zero-order valence-corrected chi connectivity index (χ0v) is 20.3.